The summed E-state index contributed by atoms with van der Waals surface area (Å²) in [5.41, 5.74) is 6.52. The second kappa shape index (κ2) is 7.18. The quantitative estimate of drug-likeness (QED) is 0.687. The van der Waals surface area contributed by atoms with E-state index < -0.39 is 10.9 Å². The fourth-order valence-electron chi connectivity index (χ4n) is 3.53. The van der Waals surface area contributed by atoms with Gasteiger partial charge in [-0.2, -0.15) is 0 Å². The highest BCUT2D eigenvalue weighted by molar-refractivity contribution is 6.30. The molecule has 1 fully saturated rings. The van der Waals surface area contributed by atoms with Gasteiger partial charge in [0.1, 0.15) is 11.9 Å². The second-order valence-corrected chi connectivity index (χ2v) is 7.27. The van der Waals surface area contributed by atoms with E-state index in [4.69, 9.17) is 22.1 Å². The van der Waals surface area contributed by atoms with Crippen LogP contribution in [-0.4, -0.2) is 24.1 Å². The molecule has 0 saturated carbocycles. The summed E-state index contributed by atoms with van der Waals surface area (Å²) < 4.78 is 6.16. The van der Waals surface area contributed by atoms with Gasteiger partial charge in [0.15, 0.2) is 0 Å². The van der Waals surface area contributed by atoms with Gasteiger partial charge in [-0.15, -0.1) is 0 Å². The lowest BCUT2D eigenvalue weighted by atomic mass is 9.98. The Morgan fingerprint density at radius 3 is 2.63 bits per heavy atom. The zero-order valence-electron chi connectivity index (χ0n) is 14.7. The molecule has 2 N–H and O–H groups in total. The predicted molar refractivity (Wildman–Crippen MR) is 107 cm³/mol. The topological polar surface area (TPSA) is 72.6 Å². The Hall–Kier alpha value is -2.63. The smallest absolute Gasteiger partial charge is 0.249 e. The average Bonchev–Trinajstić information content (AvgIpc) is 3.11. The first-order valence-electron chi connectivity index (χ1n) is 8.84. The molecular formula is C21H19ClN2O3. The zero-order chi connectivity index (χ0) is 19.0. The lowest BCUT2D eigenvalue weighted by Gasteiger charge is -2.19. The number of nitrogen functional groups attached to an aromatic ring is 1. The monoisotopic (exact) mass is 382 g/mol. The fraction of sp³-hybridized carbons (Fsp3) is 0.238. The van der Waals surface area contributed by atoms with Crippen molar-refractivity contribution >= 4 is 17.3 Å². The molecule has 0 bridgehead atoms. The maximum Gasteiger partial charge on any atom is 0.249 e. The minimum Gasteiger partial charge on any atom is -0.488 e. The molecule has 1 unspecified atom stereocenters. The van der Waals surface area contributed by atoms with Crippen LogP contribution >= 0.6 is 11.6 Å². The summed E-state index contributed by atoms with van der Waals surface area (Å²) >= 11 is 6.12. The summed E-state index contributed by atoms with van der Waals surface area (Å²) in [5, 5.41) is 0.505. The summed E-state index contributed by atoms with van der Waals surface area (Å²) in [4.78, 5) is 25.7. The number of nitrogens with two attached hydrogens (primary N) is 1. The molecule has 1 heterocycles. The Balaban J connectivity index is 1.51. The van der Waals surface area contributed by atoms with Crippen molar-refractivity contribution in [3.8, 4) is 16.9 Å². The Bertz CT molecular complexity index is 1040. The molecule has 138 valence electrons. The number of benzene rings is 2. The Morgan fingerprint density at radius 1 is 1.11 bits per heavy atom. The van der Waals surface area contributed by atoms with Crippen molar-refractivity contribution in [2.24, 2.45) is 0 Å². The summed E-state index contributed by atoms with van der Waals surface area (Å²) in [6.45, 7) is 2.58. The van der Waals surface area contributed by atoms with Crippen molar-refractivity contribution in [3.05, 3.63) is 79.6 Å². The van der Waals surface area contributed by atoms with Gasteiger partial charge in [-0.05, 0) is 30.2 Å². The average molecular weight is 383 g/mol. The minimum absolute atomic E-state index is 0.00991. The third-order valence-corrected chi connectivity index (χ3v) is 5.17. The maximum absolute atomic E-state index is 11.9. The van der Waals surface area contributed by atoms with E-state index in [1.807, 2.05) is 18.2 Å². The van der Waals surface area contributed by atoms with Crippen LogP contribution in [0.5, 0.6) is 5.75 Å². The first-order valence-corrected chi connectivity index (χ1v) is 9.22. The normalized spacial score (nSPS) is 17.4. The van der Waals surface area contributed by atoms with E-state index in [0.29, 0.717) is 16.3 Å². The van der Waals surface area contributed by atoms with Gasteiger partial charge in [-0.3, -0.25) is 14.5 Å². The van der Waals surface area contributed by atoms with Gasteiger partial charge in [-0.25, -0.2) is 0 Å². The third-order valence-electron chi connectivity index (χ3n) is 4.93. The fourth-order valence-corrected chi connectivity index (χ4v) is 3.70. The number of anilines is 1. The van der Waals surface area contributed by atoms with E-state index in [-0.39, 0.29) is 17.4 Å². The molecule has 5 nitrogen and oxygen atoms in total. The highest BCUT2D eigenvalue weighted by Crippen LogP contribution is 2.35. The lowest BCUT2D eigenvalue weighted by molar-refractivity contribution is 0.199. The SMILES string of the molecule is Nc1c(-c2ccc(Cl)cc2OC2CCN(Cc3ccccc3)C2)c(=O)c1=O. The third kappa shape index (κ3) is 3.48. The van der Waals surface area contributed by atoms with Gasteiger partial charge in [0, 0.05) is 30.2 Å². The molecule has 1 saturated heterocycles. The van der Waals surface area contributed by atoms with Crippen LogP contribution in [0.1, 0.15) is 12.0 Å². The molecular weight excluding hydrogens is 364 g/mol. The van der Waals surface area contributed by atoms with Crippen LogP contribution < -0.4 is 21.3 Å². The number of rotatable bonds is 5. The highest BCUT2D eigenvalue weighted by atomic mass is 35.5. The predicted octanol–water partition coefficient (Wildman–Crippen LogP) is 2.84. The van der Waals surface area contributed by atoms with Gasteiger partial charge in [0.25, 0.3) is 0 Å². The van der Waals surface area contributed by atoms with Crippen molar-refractivity contribution in [2.75, 3.05) is 18.8 Å². The highest BCUT2D eigenvalue weighted by Gasteiger charge is 2.27. The van der Waals surface area contributed by atoms with Crippen LogP contribution in [0.3, 0.4) is 0 Å². The number of likely N-dealkylation sites (tertiary alicyclic amines) is 1. The zero-order valence-corrected chi connectivity index (χ0v) is 15.4. The van der Waals surface area contributed by atoms with E-state index in [1.54, 1.807) is 18.2 Å². The van der Waals surface area contributed by atoms with Crippen LogP contribution in [-0.2, 0) is 6.54 Å². The van der Waals surface area contributed by atoms with Gasteiger partial charge < -0.3 is 10.5 Å². The van der Waals surface area contributed by atoms with E-state index >= 15 is 0 Å². The lowest BCUT2D eigenvalue weighted by Crippen LogP contribution is -2.36. The number of ether oxygens (including phenoxy) is 1. The van der Waals surface area contributed by atoms with Crippen LogP contribution in [0.25, 0.3) is 11.1 Å². The van der Waals surface area contributed by atoms with E-state index in [2.05, 4.69) is 17.0 Å². The van der Waals surface area contributed by atoms with Crippen molar-refractivity contribution in [3.63, 3.8) is 0 Å². The minimum atomic E-state index is -0.638. The molecule has 1 aliphatic rings. The Labute approximate surface area is 161 Å². The van der Waals surface area contributed by atoms with Crippen molar-refractivity contribution in [2.45, 2.75) is 19.1 Å². The number of halogens is 1. The Morgan fingerprint density at radius 2 is 1.89 bits per heavy atom. The van der Waals surface area contributed by atoms with Crippen LogP contribution in [0.4, 0.5) is 5.69 Å². The standard InChI is InChI=1S/C21H19ClN2O3/c22-14-6-7-16(18-19(23)21(26)20(18)25)17(10-14)27-15-8-9-24(12-15)11-13-4-2-1-3-5-13/h1-7,10,15H,8-9,11-12,23H2. The maximum atomic E-state index is 11.9. The molecule has 3 aromatic carbocycles. The second-order valence-electron chi connectivity index (χ2n) is 6.84. The molecule has 0 aromatic heterocycles. The van der Waals surface area contributed by atoms with Crippen LogP contribution in [0.15, 0.2) is 58.1 Å². The first kappa shape index (κ1) is 17.8. The molecule has 27 heavy (non-hydrogen) atoms. The molecule has 0 aliphatic carbocycles. The first-order chi connectivity index (χ1) is 13.0. The summed E-state index contributed by atoms with van der Waals surface area (Å²) in [6, 6.07) is 15.3. The number of nitrogens with zero attached hydrogens (tertiary/aromatic N) is 1. The molecule has 1 atom stereocenters. The molecule has 0 amide bonds. The van der Waals surface area contributed by atoms with E-state index in [1.165, 1.54) is 5.56 Å². The summed E-state index contributed by atoms with van der Waals surface area (Å²) in [6.07, 6.45) is 0.860. The van der Waals surface area contributed by atoms with Crippen molar-refractivity contribution in [1.82, 2.24) is 4.90 Å². The van der Waals surface area contributed by atoms with Gasteiger partial charge >= 0.3 is 0 Å². The molecule has 3 aromatic rings. The molecule has 1 aliphatic heterocycles. The van der Waals surface area contributed by atoms with Gasteiger partial charge in [0.2, 0.25) is 10.9 Å². The van der Waals surface area contributed by atoms with Gasteiger partial charge in [0.05, 0.1) is 11.3 Å². The Kier molecular flexibility index (Phi) is 4.72. The van der Waals surface area contributed by atoms with Crippen molar-refractivity contribution < 1.29 is 4.74 Å². The van der Waals surface area contributed by atoms with Crippen molar-refractivity contribution in [1.29, 1.82) is 0 Å². The van der Waals surface area contributed by atoms with Crippen LogP contribution in [0.2, 0.25) is 5.02 Å². The largest absolute Gasteiger partial charge is 0.488 e. The van der Waals surface area contributed by atoms with Gasteiger partial charge in [-0.1, -0.05) is 41.9 Å². The number of hydrogen-bond acceptors (Lipinski definition) is 5. The summed E-state index contributed by atoms with van der Waals surface area (Å²) in [7, 11) is 0. The summed E-state index contributed by atoms with van der Waals surface area (Å²) in [5.74, 6) is 0.493. The van der Waals surface area contributed by atoms with Crippen LogP contribution in [0, 0.1) is 0 Å². The van der Waals surface area contributed by atoms with E-state index in [9.17, 15) is 9.59 Å². The molecule has 0 spiro atoms. The molecule has 4 rings (SSSR count). The van der Waals surface area contributed by atoms with E-state index in [0.717, 1.165) is 26.1 Å². The molecule has 0 radical (unpaired) electrons. The number of hydrogen-bond donors (Lipinski definition) is 1. The molecule has 6 heteroatoms.